The zero-order valence-electron chi connectivity index (χ0n) is 12.7. The summed E-state index contributed by atoms with van der Waals surface area (Å²) in [4.78, 5) is 21.0. The van der Waals surface area contributed by atoms with Gasteiger partial charge in [-0.15, -0.1) is 0 Å². The van der Waals surface area contributed by atoms with Crippen LogP contribution in [0.3, 0.4) is 0 Å². The number of rotatable bonds is 4. The number of nitrogens with zero attached hydrogens (tertiary/aromatic N) is 3. The van der Waals surface area contributed by atoms with Crippen LogP contribution in [0.1, 0.15) is 6.92 Å². The van der Waals surface area contributed by atoms with Crippen molar-refractivity contribution in [3.05, 3.63) is 42.9 Å². The van der Waals surface area contributed by atoms with E-state index in [4.69, 9.17) is 4.74 Å². The molecule has 0 radical (unpaired) electrons. The molecule has 3 heterocycles. The van der Waals surface area contributed by atoms with Gasteiger partial charge < -0.3 is 20.1 Å². The maximum Gasteiger partial charge on any atom is 0.239 e. The molecule has 7 nitrogen and oxygen atoms in total. The predicted octanol–water partition coefficient (Wildman–Crippen LogP) is 0.761. The molecule has 2 atom stereocenters. The molecule has 2 unspecified atom stereocenters. The Morgan fingerprint density at radius 1 is 1.35 bits per heavy atom. The molecular formula is C16H18N4O3. The minimum Gasteiger partial charge on any atom is -0.354 e. The fourth-order valence-corrected chi connectivity index (χ4v) is 2.45. The van der Waals surface area contributed by atoms with Crippen molar-refractivity contribution in [1.29, 1.82) is 0 Å². The number of pyridine rings is 2. The quantitative estimate of drug-likeness (QED) is 0.866. The Labute approximate surface area is 133 Å². The lowest BCUT2D eigenvalue weighted by Gasteiger charge is -2.19. The van der Waals surface area contributed by atoms with E-state index in [1.807, 2.05) is 24.3 Å². The Bertz CT molecular complexity index is 663. The van der Waals surface area contributed by atoms with Crippen LogP contribution >= 0.6 is 0 Å². The number of hydrogen-bond donors (Lipinski definition) is 2. The van der Waals surface area contributed by atoms with E-state index in [0.717, 1.165) is 11.1 Å². The lowest BCUT2D eigenvalue weighted by atomic mass is 10.1. The van der Waals surface area contributed by atoms with E-state index in [1.54, 1.807) is 23.5 Å². The Hall–Kier alpha value is -2.51. The molecule has 23 heavy (non-hydrogen) atoms. The van der Waals surface area contributed by atoms with Crippen molar-refractivity contribution in [2.75, 3.05) is 18.0 Å². The fraction of sp³-hybridized carbons (Fsp3) is 0.312. The first-order chi connectivity index (χ1) is 11.1. The second-order valence-corrected chi connectivity index (χ2v) is 5.31. The van der Waals surface area contributed by atoms with Crippen LogP contribution in [0.25, 0.3) is 11.1 Å². The first-order valence-corrected chi connectivity index (χ1v) is 7.34. The molecule has 1 saturated heterocycles. The number of aliphatic hydroxyl groups excluding tert-OH is 1. The monoisotopic (exact) mass is 314 g/mol. The number of carbonyl (C=O) groups excluding carboxylic acids is 1. The van der Waals surface area contributed by atoms with Gasteiger partial charge in [0.15, 0.2) is 0 Å². The predicted molar refractivity (Wildman–Crippen MR) is 84.4 cm³/mol. The minimum atomic E-state index is -1.06. The normalized spacial score (nSPS) is 20.5. The van der Waals surface area contributed by atoms with Crippen molar-refractivity contribution in [2.24, 2.45) is 0 Å². The van der Waals surface area contributed by atoms with E-state index < -0.39 is 6.41 Å². The Kier molecular flexibility index (Phi) is 4.50. The fourth-order valence-electron chi connectivity index (χ4n) is 2.45. The molecular weight excluding hydrogens is 296 g/mol. The summed E-state index contributed by atoms with van der Waals surface area (Å²) in [5.41, 5.74) is 2.00. The number of aromatic nitrogens is 2. The number of ether oxygens (including phenoxy) is 1. The Morgan fingerprint density at radius 2 is 2.13 bits per heavy atom. The van der Waals surface area contributed by atoms with E-state index in [-0.39, 0.29) is 12.0 Å². The molecule has 7 heteroatoms. The van der Waals surface area contributed by atoms with Crippen molar-refractivity contribution in [3.8, 4) is 11.1 Å². The summed E-state index contributed by atoms with van der Waals surface area (Å²) in [6, 6.07) is 7.59. The summed E-state index contributed by atoms with van der Waals surface area (Å²) in [5, 5.41) is 12.7. The number of anilines is 1. The molecule has 0 saturated carbocycles. The molecule has 3 rings (SSSR count). The van der Waals surface area contributed by atoms with Gasteiger partial charge in [0.1, 0.15) is 5.82 Å². The summed E-state index contributed by atoms with van der Waals surface area (Å²) in [6.45, 7) is 2.27. The molecule has 0 spiro atoms. The van der Waals surface area contributed by atoms with Gasteiger partial charge in [0.25, 0.3) is 0 Å². The van der Waals surface area contributed by atoms with Gasteiger partial charge in [-0.2, -0.15) is 0 Å². The Balaban J connectivity index is 1.69. The molecule has 1 aliphatic rings. The van der Waals surface area contributed by atoms with Crippen LogP contribution in [0.4, 0.5) is 5.82 Å². The zero-order chi connectivity index (χ0) is 16.2. The second kappa shape index (κ2) is 6.72. The average molecular weight is 314 g/mol. The van der Waals surface area contributed by atoms with Crippen molar-refractivity contribution in [3.63, 3.8) is 0 Å². The van der Waals surface area contributed by atoms with Gasteiger partial charge in [-0.25, -0.2) is 4.98 Å². The molecule has 0 bridgehead atoms. The van der Waals surface area contributed by atoms with E-state index in [9.17, 15) is 9.90 Å². The molecule has 1 amide bonds. The van der Waals surface area contributed by atoms with Gasteiger partial charge in [0.2, 0.25) is 12.3 Å². The summed E-state index contributed by atoms with van der Waals surface area (Å²) < 4.78 is 5.41. The zero-order valence-corrected chi connectivity index (χ0v) is 12.7. The van der Waals surface area contributed by atoms with E-state index in [2.05, 4.69) is 15.3 Å². The standard InChI is InChI=1S/C16H18N4O3/c1-11(21)18-9-14-10-20(16(22)23-14)15-3-2-13(8-19-15)12-4-6-17-7-5-12/h2-8,14,16,22H,9-10H2,1H3,(H,18,21). The van der Waals surface area contributed by atoms with Gasteiger partial charge in [-0.3, -0.25) is 9.78 Å². The minimum absolute atomic E-state index is 0.124. The summed E-state index contributed by atoms with van der Waals surface area (Å²) in [7, 11) is 0. The third-order valence-corrected chi connectivity index (χ3v) is 3.62. The summed E-state index contributed by atoms with van der Waals surface area (Å²) >= 11 is 0. The van der Waals surface area contributed by atoms with Gasteiger partial charge in [0.05, 0.1) is 12.6 Å². The lowest BCUT2D eigenvalue weighted by molar-refractivity contribution is -0.121. The van der Waals surface area contributed by atoms with Crippen LogP contribution in [0.2, 0.25) is 0 Å². The largest absolute Gasteiger partial charge is 0.354 e. The smallest absolute Gasteiger partial charge is 0.239 e. The topological polar surface area (TPSA) is 87.6 Å². The summed E-state index contributed by atoms with van der Waals surface area (Å²) in [6.07, 6.45) is 3.88. The third-order valence-electron chi connectivity index (χ3n) is 3.62. The van der Waals surface area contributed by atoms with E-state index in [0.29, 0.717) is 18.9 Å². The highest BCUT2D eigenvalue weighted by Crippen LogP contribution is 2.24. The molecule has 2 aromatic rings. The van der Waals surface area contributed by atoms with Gasteiger partial charge in [0, 0.05) is 37.6 Å². The molecule has 0 aliphatic carbocycles. The number of amides is 1. The molecule has 1 aliphatic heterocycles. The average Bonchev–Trinajstić information content (AvgIpc) is 2.95. The van der Waals surface area contributed by atoms with Gasteiger partial charge >= 0.3 is 0 Å². The van der Waals surface area contributed by atoms with Crippen LogP contribution in [-0.4, -0.2) is 46.6 Å². The van der Waals surface area contributed by atoms with Crippen molar-refractivity contribution < 1.29 is 14.6 Å². The molecule has 2 N–H and O–H groups in total. The lowest BCUT2D eigenvalue weighted by Crippen LogP contribution is -2.33. The maximum atomic E-state index is 10.9. The van der Waals surface area contributed by atoms with Crippen LogP contribution < -0.4 is 10.2 Å². The highest BCUT2D eigenvalue weighted by molar-refractivity contribution is 5.72. The number of hydrogen-bond acceptors (Lipinski definition) is 6. The van der Waals surface area contributed by atoms with Crippen molar-refractivity contribution in [1.82, 2.24) is 15.3 Å². The van der Waals surface area contributed by atoms with E-state index in [1.165, 1.54) is 6.92 Å². The van der Waals surface area contributed by atoms with Crippen molar-refractivity contribution >= 4 is 11.7 Å². The molecule has 0 aromatic carbocycles. The second-order valence-electron chi connectivity index (χ2n) is 5.31. The number of aliphatic hydroxyl groups is 1. The highest BCUT2D eigenvalue weighted by atomic mass is 16.6. The molecule has 2 aromatic heterocycles. The SMILES string of the molecule is CC(=O)NCC1CN(c2ccc(-c3ccncc3)cn2)C(O)O1. The first-order valence-electron chi connectivity index (χ1n) is 7.34. The van der Waals surface area contributed by atoms with Crippen LogP contribution in [0.5, 0.6) is 0 Å². The summed E-state index contributed by atoms with van der Waals surface area (Å²) in [5.74, 6) is 0.502. The third kappa shape index (κ3) is 3.64. The van der Waals surface area contributed by atoms with Gasteiger partial charge in [-0.1, -0.05) is 0 Å². The van der Waals surface area contributed by atoms with Crippen LogP contribution in [0, 0.1) is 0 Å². The van der Waals surface area contributed by atoms with Crippen LogP contribution in [0.15, 0.2) is 42.9 Å². The van der Waals surface area contributed by atoms with Gasteiger partial charge in [-0.05, 0) is 29.8 Å². The highest BCUT2D eigenvalue weighted by Gasteiger charge is 2.32. The van der Waals surface area contributed by atoms with Crippen molar-refractivity contribution in [2.45, 2.75) is 19.4 Å². The number of nitrogens with one attached hydrogen (secondary N) is 1. The molecule has 120 valence electrons. The Morgan fingerprint density at radius 3 is 2.78 bits per heavy atom. The number of carbonyl (C=O) groups is 1. The van der Waals surface area contributed by atoms with E-state index >= 15 is 0 Å². The maximum absolute atomic E-state index is 10.9. The molecule has 1 fully saturated rings. The van der Waals surface area contributed by atoms with Crippen LogP contribution in [-0.2, 0) is 9.53 Å². The first kappa shape index (κ1) is 15.4.